The van der Waals surface area contributed by atoms with Gasteiger partial charge in [0.2, 0.25) is 5.89 Å². The third kappa shape index (κ3) is 4.41. The number of aliphatic carboxylic acids is 1. The Labute approximate surface area is 197 Å². The van der Waals surface area contributed by atoms with E-state index in [-0.39, 0.29) is 16.0 Å². The van der Waals surface area contributed by atoms with Crippen LogP contribution in [0.2, 0.25) is 5.02 Å². The molecule has 0 aliphatic rings. The summed E-state index contributed by atoms with van der Waals surface area (Å²) in [6.07, 6.45) is 1.64. The zero-order valence-electron chi connectivity index (χ0n) is 17.0. The van der Waals surface area contributed by atoms with Crippen LogP contribution in [0, 0.1) is 0 Å². The molecule has 2 aromatic heterocycles. The molecule has 0 aliphatic carbocycles. The van der Waals surface area contributed by atoms with Gasteiger partial charge in [-0.1, -0.05) is 60.1 Å². The molecule has 0 fully saturated rings. The van der Waals surface area contributed by atoms with Crippen molar-refractivity contribution in [2.45, 2.75) is 5.22 Å². The van der Waals surface area contributed by atoms with Gasteiger partial charge in [-0.25, -0.2) is 4.79 Å². The van der Waals surface area contributed by atoms with E-state index in [4.69, 9.17) is 16.0 Å². The predicted molar refractivity (Wildman–Crippen MR) is 130 cm³/mol. The number of rotatable bonds is 6. The molecule has 0 spiro atoms. The summed E-state index contributed by atoms with van der Waals surface area (Å²) in [5.74, 6) is -0.800. The van der Waals surface area contributed by atoms with Crippen LogP contribution in [-0.4, -0.2) is 26.3 Å². The van der Waals surface area contributed by atoms with Crippen molar-refractivity contribution in [3.63, 3.8) is 0 Å². The number of carboxylic acid groups (broad SMARTS) is 1. The Hall–Kier alpha value is -3.81. The van der Waals surface area contributed by atoms with Crippen molar-refractivity contribution in [2.24, 2.45) is 0 Å². The summed E-state index contributed by atoms with van der Waals surface area (Å²) in [6.45, 7) is 0. The number of halogens is 1. The zero-order chi connectivity index (χ0) is 22.8. The number of aromatic amines is 1. The van der Waals surface area contributed by atoms with Gasteiger partial charge in [-0.15, -0.1) is 10.2 Å². The highest BCUT2D eigenvalue weighted by atomic mass is 35.5. The molecular weight excluding hydrogens is 458 g/mol. The number of nitrogens with zero attached hydrogens (tertiary/aromatic N) is 2. The molecule has 0 atom stereocenters. The first-order valence-corrected chi connectivity index (χ1v) is 11.2. The van der Waals surface area contributed by atoms with E-state index in [1.807, 2.05) is 54.6 Å². The lowest BCUT2D eigenvalue weighted by Gasteiger charge is -2.03. The molecular formula is C25H16ClN3O3S. The van der Waals surface area contributed by atoms with Crippen LogP contribution in [0.15, 0.2) is 93.4 Å². The highest BCUT2D eigenvalue weighted by Gasteiger charge is 2.19. The van der Waals surface area contributed by atoms with Crippen molar-refractivity contribution in [3.05, 3.63) is 94.4 Å². The summed E-state index contributed by atoms with van der Waals surface area (Å²) in [7, 11) is 0. The van der Waals surface area contributed by atoms with Gasteiger partial charge < -0.3 is 14.5 Å². The molecule has 0 unspecified atom stereocenters. The molecule has 2 heterocycles. The Morgan fingerprint density at radius 2 is 1.67 bits per heavy atom. The molecule has 0 amide bonds. The first-order valence-electron chi connectivity index (χ1n) is 9.97. The summed E-state index contributed by atoms with van der Waals surface area (Å²) >= 11 is 6.84. The fourth-order valence-electron chi connectivity index (χ4n) is 3.47. The van der Waals surface area contributed by atoms with E-state index >= 15 is 0 Å². The molecule has 8 heteroatoms. The van der Waals surface area contributed by atoms with Gasteiger partial charge in [0.1, 0.15) is 4.91 Å². The van der Waals surface area contributed by atoms with Gasteiger partial charge in [0.05, 0.1) is 5.69 Å². The van der Waals surface area contributed by atoms with Crippen LogP contribution in [0.25, 0.3) is 39.7 Å². The maximum Gasteiger partial charge on any atom is 0.342 e. The molecule has 0 aliphatic heterocycles. The first-order chi connectivity index (χ1) is 16.1. The molecule has 162 valence electrons. The van der Waals surface area contributed by atoms with Gasteiger partial charge in [-0.2, -0.15) is 0 Å². The minimum absolute atomic E-state index is 0.0586. The van der Waals surface area contributed by atoms with Crippen LogP contribution < -0.4 is 0 Å². The van der Waals surface area contributed by atoms with Gasteiger partial charge >= 0.3 is 5.97 Å². The molecule has 0 bridgehead atoms. The number of thioether (sulfide) groups is 1. The van der Waals surface area contributed by atoms with Gasteiger partial charge in [0.25, 0.3) is 5.22 Å². The second-order valence-corrected chi connectivity index (χ2v) is 8.55. The Bertz CT molecular complexity index is 1470. The molecule has 0 radical (unpaired) electrons. The van der Waals surface area contributed by atoms with Crippen LogP contribution >= 0.6 is 23.4 Å². The van der Waals surface area contributed by atoms with E-state index in [1.165, 1.54) is 0 Å². The van der Waals surface area contributed by atoms with Crippen LogP contribution in [-0.2, 0) is 4.79 Å². The van der Waals surface area contributed by atoms with Crippen LogP contribution in [0.4, 0.5) is 0 Å². The lowest BCUT2D eigenvalue weighted by atomic mass is 10.0. The maximum absolute atomic E-state index is 12.1. The van der Waals surface area contributed by atoms with Crippen LogP contribution in [0.5, 0.6) is 0 Å². The minimum atomic E-state index is -1.09. The van der Waals surface area contributed by atoms with Gasteiger partial charge in [-0.3, -0.25) is 0 Å². The van der Waals surface area contributed by atoms with Crippen molar-refractivity contribution < 1.29 is 14.3 Å². The first kappa shape index (κ1) is 21.1. The molecule has 6 nitrogen and oxygen atoms in total. The number of carbonyl (C=O) groups is 1. The summed E-state index contributed by atoms with van der Waals surface area (Å²) in [4.78, 5) is 15.6. The van der Waals surface area contributed by atoms with E-state index in [0.29, 0.717) is 10.6 Å². The molecule has 5 rings (SSSR count). The van der Waals surface area contributed by atoms with Gasteiger partial charge in [0.15, 0.2) is 0 Å². The average Bonchev–Trinajstić information content (AvgIpc) is 3.45. The molecule has 0 saturated carbocycles. The molecule has 0 saturated heterocycles. The Morgan fingerprint density at radius 1 is 0.939 bits per heavy atom. The maximum atomic E-state index is 12.1. The SMILES string of the molecule is O=C(O)/C(=C/c1c(-c2ccccc2)[nH]c2ccccc12)Sc1nnc(-c2ccc(Cl)cc2)o1. The second-order valence-electron chi connectivity index (χ2n) is 7.12. The lowest BCUT2D eigenvalue weighted by Crippen LogP contribution is -1.97. The molecule has 3 aromatic carbocycles. The van der Waals surface area contributed by atoms with E-state index < -0.39 is 5.97 Å². The van der Waals surface area contributed by atoms with Crippen molar-refractivity contribution in [3.8, 4) is 22.7 Å². The number of para-hydroxylation sites is 1. The lowest BCUT2D eigenvalue weighted by molar-refractivity contribution is -0.131. The third-order valence-electron chi connectivity index (χ3n) is 4.99. The van der Waals surface area contributed by atoms with E-state index in [2.05, 4.69) is 15.2 Å². The summed E-state index contributed by atoms with van der Waals surface area (Å²) in [5.41, 5.74) is 4.18. The Morgan fingerprint density at radius 3 is 2.42 bits per heavy atom. The van der Waals surface area contributed by atoms with Crippen molar-refractivity contribution in [1.29, 1.82) is 0 Å². The fourth-order valence-corrected chi connectivity index (χ4v) is 4.25. The van der Waals surface area contributed by atoms with Crippen LogP contribution in [0.3, 0.4) is 0 Å². The summed E-state index contributed by atoms with van der Waals surface area (Å²) in [5, 5.41) is 19.6. The second kappa shape index (κ2) is 8.97. The Kier molecular flexibility index (Phi) is 5.73. The summed E-state index contributed by atoms with van der Waals surface area (Å²) < 4.78 is 5.70. The number of nitrogens with one attached hydrogen (secondary N) is 1. The molecule has 2 N–H and O–H groups in total. The van der Waals surface area contributed by atoms with Gasteiger partial charge in [0, 0.05) is 27.1 Å². The largest absolute Gasteiger partial charge is 0.477 e. The van der Waals surface area contributed by atoms with E-state index in [1.54, 1.807) is 30.3 Å². The Balaban J connectivity index is 1.55. The van der Waals surface area contributed by atoms with Crippen molar-refractivity contribution in [1.82, 2.24) is 15.2 Å². The minimum Gasteiger partial charge on any atom is -0.477 e. The van der Waals surface area contributed by atoms with Gasteiger partial charge in [-0.05, 0) is 53.7 Å². The van der Waals surface area contributed by atoms with Crippen molar-refractivity contribution in [2.75, 3.05) is 0 Å². The highest BCUT2D eigenvalue weighted by molar-refractivity contribution is 8.03. The fraction of sp³-hybridized carbons (Fsp3) is 0. The number of hydrogen-bond acceptors (Lipinski definition) is 5. The number of H-pyrrole nitrogens is 1. The number of hydrogen-bond donors (Lipinski definition) is 2. The number of benzene rings is 3. The number of carboxylic acids is 1. The predicted octanol–water partition coefficient (Wildman–Crippen LogP) is 6.76. The van der Waals surface area contributed by atoms with Crippen LogP contribution in [0.1, 0.15) is 5.56 Å². The van der Waals surface area contributed by atoms with E-state index in [9.17, 15) is 9.90 Å². The highest BCUT2D eigenvalue weighted by Crippen LogP contribution is 2.36. The monoisotopic (exact) mass is 473 g/mol. The third-order valence-corrected chi connectivity index (χ3v) is 6.09. The quantitative estimate of drug-likeness (QED) is 0.209. The molecule has 5 aromatic rings. The summed E-state index contributed by atoms with van der Waals surface area (Å²) in [6, 6.07) is 24.5. The molecule has 33 heavy (non-hydrogen) atoms. The zero-order valence-corrected chi connectivity index (χ0v) is 18.6. The smallest absolute Gasteiger partial charge is 0.342 e. The topological polar surface area (TPSA) is 92.0 Å². The van der Waals surface area contributed by atoms with Crippen molar-refractivity contribution >= 4 is 46.3 Å². The standard InChI is InChI=1S/C25H16ClN3O3S/c26-17-12-10-16(11-13-17)23-28-29-25(32-23)33-21(24(30)31)14-19-18-8-4-5-9-20(18)27-22(19)15-6-2-1-3-7-15/h1-14,27H,(H,30,31)/b21-14-. The normalized spacial score (nSPS) is 11.7. The number of aromatic nitrogens is 3. The average molecular weight is 474 g/mol. The van der Waals surface area contributed by atoms with E-state index in [0.717, 1.165) is 39.5 Å². The number of fused-ring (bicyclic) bond motifs is 1.